The fraction of sp³-hybridized carbons (Fsp3) is 0.400. The normalized spacial score (nSPS) is 11.6. The van der Waals surface area contributed by atoms with Gasteiger partial charge in [0, 0.05) is 5.88 Å². The molecule has 0 fully saturated rings. The van der Waals surface area contributed by atoms with Gasteiger partial charge in [0.25, 0.3) is 0 Å². The van der Waals surface area contributed by atoms with Crippen molar-refractivity contribution in [3.05, 3.63) is 29.3 Å². The maximum atomic E-state index is 11.6. The standard InChI is InChI=1S/C10H13ClO2S/c1-8-3-4-10(7-9(8)2)14(12,13)6-5-11/h3-4,7H,5-6H2,1-2H3. The molecule has 0 aromatic heterocycles. The zero-order chi connectivity index (χ0) is 10.8. The maximum absolute atomic E-state index is 11.6. The van der Waals surface area contributed by atoms with Crippen molar-refractivity contribution in [3.63, 3.8) is 0 Å². The third-order valence-electron chi connectivity index (χ3n) is 2.18. The molecule has 0 atom stereocenters. The van der Waals surface area contributed by atoms with Crippen molar-refractivity contribution in [3.8, 4) is 0 Å². The Morgan fingerprint density at radius 1 is 1.21 bits per heavy atom. The zero-order valence-electron chi connectivity index (χ0n) is 8.25. The van der Waals surface area contributed by atoms with Gasteiger partial charge in [0.2, 0.25) is 0 Å². The Morgan fingerprint density at radius 2 is 1.86 bits per heavy atom. The van der Waals surface area contributed by atoms with E-state index in [0.29, 0.717) is 4.90 Å². The molecule has 1 aromatic carbocycles. The Labute approximate surface area is 89.8 Å². The van der Waals surface area contributed by atoms with Crippen LogP contribution in [-0.4, -0.2) is 20.1 Å². The number of alkyl halides is 1. The summed E-state index contributed by atoms with van der Waals surface area (Å²) in [6.45, 7) is 3.85. The molecule has 1 aromatic rings. The summed E-state index contributed by atoms with van der Waals surface area (Å²) in [5.41, 5.74) is 2.08. The Hall–Kier alpha value is -0.540. The van der Waals surface area contributed by atoms with E-state index in [-0.39, 0.29) is 11.6 Å². The van der Waals surface area contributed by atoms with Crippen LogP contribution in [0.1, 0.15) is 11.1 Å². The Kier molecular flexibility index (Phi) is 3.56. The molecular formula is C10H13ClO2S. The van der Waals surface area contributed by atoms with Gasteiger partial charge in [0.15, 0.2) is 9.84 Å². The summed E-state index contributed by atoms with van der Waals surface area (Å²) in [5.74, 6) is 0.131. The minimum Gasteiger partial charge on any atom is -0.224 e. The lowest BCUT2D eigenvalue weighted by molar-refractivity contribution is 0.597. The number of halogens is 1. The molecular weight excluding hydrogens is 220 g/mol. The highest BCUT2D eigenvalue weighted by Gasteiger charge is 2.13. The minimum atomic E-state index is -3.18. The first-order chi connectivity index (χ1) is 6.47. The molecule has 0 saturated heterocycles. The van der Waals surface area contributed by atoms with Gasteiger partial charge in [-0.2, -0.15) is 0 Å². The largest absolute Gasteiger partial charge is 0.224 e. The molecule has 0 heterocycles. The summed E-state index contributed by atoms with van der Waals surface area (Å²) >= 11 is 5.43. The van der Waals surface area contributed by atoms with Crippen LogP contribution in [0.4, 0.5) is 0 Å². The Bertz CT molecular complexity index is 424. The van der Waals surface area contributed by atoms with Gasteiger partial charge >= 0.3 is 0 Å². The van der Waals surface area contributed by atoms with Gasteiger partial charge in [-0.1, -0.05) is 6.07 Å². The second-order valence-corrected chi connectivity index (χ2v) is 5.74. The van der Waals surface area contributed by atoms with Gasteiger partial charge in [-0.25, -0.2) is 8.42 Å². The third-order valence-corrected chi connectivity index (χ3v) is 4.31. The summed E-state index contributed by atoms with van der Waals surface area (Å²) in [6.07, 6.45) is 0. The zero-order valence-corrected chi connectivity index (χ0v) is 9.82. The molecule has 14 heavy (non-hydrogen) atoms. The summed E-state index contributed by atoms with van der Waals surface area (Å²) in [7, 11) is -3.18. The number of aryl methyl sites for hydroxylation is 2. The van der Waals surface area contributed by atoms with Crippen LogP contribution in [0, 0.1) is 13.8 Å². The van der Waals surface area contributed by atoms with Gasteiger partial charge in [0.05, 0.1) is 10.6 Å². The molecule has 0 radical (unpaired) electrons. The van der Waals surface area contributed by atoms with E-state index in [9.17, 15) is 8.42 Å². The summed E-state index contributed by atoms with van der Waals surface area (Å²) in [6, 6.07) is 5.14. The number of rotatable bonds is 3. The van der Waals surface area contributed by atoms with Crippen molar-refractivity contribution < 1.29 is 8.42 Å². The maximum Gasteiger partial charge on any atom is 0.179 e. The van der Waals surface area contributed by atoms with Crippen molar-refractivity contribution in [2.24, 2.45) is 0 Å². The first-order valence-electron chi connectivity index (χ1n) is 4.33. The summed E-state index contributed by atoms with van der Waals surface area (Å²) < 4.78 is 23.2. The number of hydrogen-bond donors (Lipinski definition) is 0. The first kappa shape index (κ1) is 11.5. The van der Waals surface area contributed by atoms with Crippen molar-refractivity contribution >= 4 is 21.4 Å². The van der Waals surface area contributed by atoms with Crippen LogP contribution in [-0.2, 0) is 9.84 Å². The van der Waals surface area contributed by atoms with Crippen LogP contribution < -0.4 is 0 Å². The van der Waals surface area contributed by atoms with E-state index in [0.717, 1.165) is 11.1 Å². The molecule has 0 aliphatic carbocycles. The molecule has 1 rings (SSSR count). The molecule has 0 aliphatic heterocycles. The minimum absolute atomic E-state index is 0.00292. The number of benzene rings is 1. The molecule has 0 N–H and O–H groups in total. The van der Waals surface area contributed by atoms with Gasteiger partial charge in [-0.3, -0.25) is 0 Å². The monoisotopic (exact) mass is 232 g/mol. The lowest BCUT2D eigenvalue weighted by Crippen LogP contribution is -2.08. The van der Waals surface area contributed by atoms with E-state index in [1.165, 1.54) is 0 Å². The highest BCUT2D eigenvalue weighted by atomic mass is 35.5. The molecule has 4 heteroatoms. The Balaban J connectivity index is 3.15. The van der Waals surface area contributed by atoms with Crippen LogP contribution in [0.2, 0.25) is 0 Å². The fourth-order valence-corrected chi connectivity index (χ4v) is 2.81. The average molecular weight is 233 g/mol. The smallest absolute Gasteiger partial charge is 0.179 e. The van der Waals surface area contributed by atoms with Gasteiger partial charge in [-0.15, -0.1) is 11.6 Å². The number of sulfone groups is 1. The highest BCUT2D eigenvalue weighted by Crippen LogP contribution is 2.16. The van der Waals surface area contributed by atoms with Crippen LogP contribution >= 0.6 is 11.6 Å². The second-order valence-electron chi connectivity index (χ2n) is 3.25. The van der Waals surface area contributed by atoms with E-state index < -0.39 is 9.84 Å². The van der Waals surface area contributed by atoms with E-state index >= 15 is 0 Å². The van der Waals surface area contributed by atoms with Crippen LogP contribution in [0.5, 0.6) is 0 Å². The molecule has 0 amide bonds. The second kappa shape index (κ2) is 4.32. The van der Waals surface area contributed by atoms with Gasteiger partial charge < -0.3 is 0 Å². The lowest BCUT2D eigenvalue weighted by atomic mass is 10.1. The van der Waals surface area contributed by atoms with Crippen LogP contribution in [0.15, 0.2) is 23.1 Å². The highest BCUT2D eigenvalue weighted by molar-refractivity contribution is 7.91. The molecule has 2 nitrogen and oxygen atoms in total. The van der Waals surface area contributed by atoms with Crippen LogP contribution in [0.25, 0.3) is 0 Å². The topological polar surface area (TPSA) is 34.1 Å². The van der Waals surface area contributed by atoms with Crippen molar-refractivity contribution in [1.82, 2.24) is 0 Å². The predicted molar refractivity (Wildman–Crippen MR) is 58.7 cm³/mol. The van der Waals surface area contributed by atoms with E-state index in [1.54, 1.807) is 12.1 Å². The molecule has 78 valence electrons. The van der Waals surface area contributed by atoms with Crippen molar-refractivity contribution in [2.75, 3.05) is 11.6 Å². The first-order valence-corrected chi connectivity index (χ1v) is 6.52. The Morgan fingerprint density at radius 3 is 2.36 bits per heavy atom. The van der Waals surface area contributed by atoms with Crippen LogP contribution in [0.3, 0.4) is 0 Å². The molecule has 0 spiro atoms. The van der Waals surface area contributed by atoms with Gasteiger partial charge in [0.1, 0.15) is 0 Å². The van der Waals surface area contributed by atoms with Crippen molar-refractivity contribution in [2.45, 2.75) is 18.7 Å². The molecule has 0 saturated carbocycles. The lowest BCUT2D eigenvalue weighted by Gasteiger charge is -2.05. The summed E-state index contributed by atoms with van der Waals surface area (Å²) in [4.78, 5) is 0.362. The van der Waals surface area contributed by atoms with Crippen molar-refractivity contribution in [1.29, 1.82) is 0 Å². The van der Waals surface area contributed by atoms with E-state index in [4.69, 9.17) is 11.6 Å². The van der Waals surface area contributed by atoms with E-state index in [1.807, 2.05) is 19.9 Å². The van der Waals surface area contributed by atoms with Gasteiger partial charge in [-0.05, 0) is 37.1 Å². The molecule has 0 bridgehead atoms. The average Bonchev–Trinajstić information content (AvgIpc) is 2.09. The SMILES string of the molecule is Cc1ccc(S(=O)(=O)CCCl)cc1C. The summed E-state index contributed by atoms with van der Waals surface area (Å²) in [5, 5.41) is 0. The van der Waals surface area contributed by atoms with E-state index in [2.05, 4.69) is 0 Å². The third kappa shape index (κ3) is 2.49. The number of hydrogen-bond acceptors (Lipinski definition) is 2. The molecule has 0 unspecified atom stereocenters. The predicted octanol–water partition coefficient (Wildman–Crippen LogP) is 2.32. The quantitative estimate of drug-likeness (QED) is 0.750. The fourth-order valence-electron chi connectivity index (χ4n) is 1.13. The molecule has 0 aliphatic rings.